The van der Waals surface area contributed by atoms with Gasteiger partial charge < -0.3 is 4.79 Å². The Labute approximate surface area is 78.0 Å². The summed E-state index contributed by atoms with van der Waals surface area (Å²) in [6, 6.07) is 0. The predicted octanol–water partition coefficient (Wildman–Crippen LogP) is 2.00. The summed E-state index contributed by atoms with van der Waals surface area (Å²) in [6.07, 6.45) is 15.8. The lowest BCUT2D eigenvalue weighted by Gasteiger charge is -1.73. The molecule has 0 aromatic heterocycles. The molecular weight excluding hydrogens is 164 g/mol. The van der Waals surface area contributed by atoms with E-state index in [1.54, 1.807) is 30.4 Å². The molecule has 13 heavy (non-hydrogen) atoms. The van der Waals surface area contributed by atoms with Crippen LogP contribution in [0.3, 0.4) is 0 Å². The number of carbonyl (C=O) groups is 2. The Balaban J connectivity index is 3.61. The van der Waals surface area contributed by atoms with E-state index < -0.39 is 0 Å². The summed E-state index contributed by atoms with van der Waals surface area (Å²) < 4.78 is 0. The van der Waals surface area contributed by atoms with Crippen molar-refractivity contribution in [2.45, 2.75) is 6.42 Å². The highest BCUT2D eigenvalue weighted by molar-refractivity contribution is 5.65. The van der Waals surface area contributed by atoms with Crippen LogP contribution in [-0.2, 0) is 9.59 Å². The summed E-state index contributed by atoms with van der Waals surface area (Å²) in [5.41, 5.74) is 0. The van der Waals surface area contributed by atoms with E-state index >= 15 is 0 Å². The lowest BCUT2D eigenvalue weighted by molar-refractivity contribution is -0.107. The van der Waals surface area contributed by atoms with Gasteiger partial charge in [-0.05, 0) is 6.08 Å². The molecule has 0 atom stereocenters. The van der Waals surface area contributed by atoms with Gasteiger partial charge in [0.05, 0.1) is 0 Å². The summed E-state index contributed by atoms with van der Waals surface area (Å²) in [6.45, 7) is 0. The van der Waals surface area contributed by atoms with Crippen molar-refractivity contribution in [1.29, 1.82) is 0 Å². The van der Waals surface area contributed by atoms with Crippen LogP contribution in [0, 0.1) is 0 Å². The van der Waals surface area contributed by atoms with Crippen molar-refractivity contribution in [3.05, 3.63) is 48.6 Å². The fourth-order valence-electron chi connectivity index (χ4n) is 0.579. The number of allylic oxidation sites excluding steroid dienone is 8. The van der Waals surface area contributed by atoms with E-state index in [-0.39, 0.29) is 0 Å². The Bertz CT molecular complexity index is 245. The van der Waals surface area contributed by atoms with Crippen molar-refractivity contribution < 1.29 is 9.59 Å². The maximum absolute atomic E-state index is 9.88. The molecule has 0 bridgehead atoms. The average molecular weight is 176 g/mol. The Hall–Kier alpha value is -1.70. The summed E-state index contributed by atoms with van der Waals surface area (Å²) in [5, 5.41) is 0. The van der Waals surface area contributed by atoms with Gasteiger partial charge in [-0.2, -0.15) is 0 Å². The minimum atomic E-state index is 0.444. The second kappa shape index (κ2) is 10.3. The summed E-state index contributed by atoms with van der Waals surface area (Å²) in [7, 11) is 0. The maximum atomic E-state index is 9.88. The van der Waals surface area contributed by atoms with E-state index in [4.69, 9.17) is 0 Å². The Morgan fingerprint density at radius 1 is 0.692 bits per heavy atom. The van der Waals surface area contributed by atoms with Crippen molar-refractivity contribution in [3.8, 4) is 0 Å². The van der Waals surface area contributed by atoms with E-state index in [0.717, 1.165) is 12.6 Å². The molecule has 0 radical (unpaired) electrons. The zero-order valence-corrected chi connectivity index (χ0v) is 7.30. The van der Waals surface area contributed by atoms with Gasteiger partial charge in [0.25, 0.3) is 0 Å². The number of rotatable bonds is 6. The first kappa shape index (κ1) is 11.3. The third kappa shape index (κ3) is 10.3. The highest BCUT2D eigenvalue weighted by Gasteiger charge is 1.67. The minimum Gasteiger partial charge on any atom is -0.303 e. The third-order valence-electron chi connectivity index (χ3n) is 1.11. The molecule has 0 aliphatic rings. The maximum Gasteiger partial charge on any atom is 0.142 e. The lowest BCUT2D eigenvalue weighted by atomic mass is 10.3. The van der Waals surface area contributed by atoms with Gasteiger partial charge in [0.15, 0.2) is 0 Å². The zero-order chi connectivity index (χ0) is 9.78. The van der Waals surface area contributed by atoms with Gasteiger partial charge >= 0.3 is 0 Å². The van der Waals surface area contributed by atoms with Gasteiger partial charge in [-0.25, -0.2) is 0 Å². The number of hydrogen-bond donors (Lipinski definition) is 0. The van der Waals surface area contributed by atoms with Crippen LogP contribution in [-0.4, -0.2) is 12.6 Å². The van der Waals surface area contributed by atoms with Gasteiger partial charge in [-0.3, -0.25) is 4.79 Å². The summed E-state index contributed by atoms with van der Waals surface area (Å²) in [5.74, 6) is 0. The molecule has 0 amide bonds. The molecule has 0 aromatic rings. The Morgan fingerprint density at radius 3 is 1.77 bits per heavy atom. The molecule has 0 saturated heterocycles. The van der Waals surface area contributed by atoms with Gasteiger partial charge in [0.2, 0.25) is 0 Å². The fraction of sp³-hybridized carbons (Fsp3) is 0.0909. The molecule has 68 valence electrons. The van der Waals surface area contributed by atoms with Gasteiger partial charge in [0.1, 0.15) is 12.6 Å². The Morgan fingerprint density at radius 2 is 1.23 bits per heavy atom. The third-order valence-corrected chi connectivity index (χ3v) is 1.11. The van der Waals surface area contributed by atoms with Gasteiger partial charge in [-0.15, -0.1) is 0 Å². The predicted molar refractivity (Wildman–Crippen MR) is 53.3 cm³/mol. The van der Waals surface area contributed by atoms with E-state index in [0.29, 0.717) is 6.42 Å². The van der Waals surface area contributed by atoms with Crippen LogP contribution in [0.1, 0.15) is 6.42 Å². The lowest BCUT2D eigenvalue weighted by Crippen LogP contribution is -1.63. The molecule has 0 aliphatic carbocycles. The highest BCUT2D eigenvalue weighted by atomic mass is 16.1. The summed E-state index contributed by atoms with van der Waals surface area (Å²) in [4.78, 5) is 19.7. The molecular formula is C11H12O2. The van der Waals surface area contributed by atoms with Crippen LogP contribution in [0.4, 0.5) is 0 Å². The normalized spacial score (nSPS) is 12.3. The van der Waals surface area contributed by atoms with E-state index in [1.807, 2.05) is 12.2 Å². The number of carbonyl (C=O) groups excluding carboxylic acids is 2. The minimum absolute atomic E-state index is 0.444. The largest absolute Gasteiger partial charge is 0.303 e. The SMILES string of the molecule is O=CC=CC=CC=CC=CCC=O. The van der Waals surface area contributed by atoms with Crippen molar-refractivity contribution in [2.24, 2.45) is 0 Å². The van der Waals surface area contributed by atoms with Gasteiger partial charge in [-0.1, -0.05) is 42.5 Å². The molecule has 0 N–H and O–H groups in total. The molecule has 0 aliphatic heterocycles. The van der Waals surface area contributed by atoms with Crippen LogP contribution in [0.5, 0.6) is 0 Å². The van der Waals surface area contributed by atoms with Gasteiger partial charge in [0, 0.05) is 6.42 Å². The number of hydrogen-bond acceptors (Lipinski definition) is 2. The molecule has 0 unspecified atom stereocenters. The molecule has 2 nitrogen and oxygen atoms in total. The summed E-state index contributed by atoms with van der Waals surface area (Å²) >= 11 is 0. The topological polar surface area (TPSA) is 34.1 Å². The number of aldehydes is 2. The molecule has 0 aromatic carbocycles. The van der Waals surface area contributed by atoms with Crippen LogP contribution >= 0.6 is 0 Å². The average Bonchev–Trinajstić information content (AvgIpc) is 2.16. The van der Waals surface area contributed by atoms with E-state index in [2.05, 4.69) is 0 Å². The van der Waals surface area contributed by atoms with Crippen LogP contribution in [0.15, 0.2) is 48.6 Å². The van der Waals surface area contributed by atoms with Crippen molar-refractivity contribution in [2.75, 3.05) is 0 Å². The van der Waals surface area contributed by atoms with E-state index in [9.17, 15) is 9.59 Å². The van der Waals surface area contributed by atoms with Crippen molar-refractivity contribution in [3.63, 3.8) is 0 Å². The zero-order valence-electron chi connectivity index (χ0n) is 7.30. The van der Waals surface area contributed by atoms with E-state index in [1.165, 1.54) is 6.08 Å². The first-order chi connectivity index (χ1) is 6.41. The molecule has 0 saturated carbocycles. The standard InChI is InChI=1S/C11H12O2/c12-10-8-6-4-2-1-3-5-7-9-11-13/h1-8,10-11H,9H2. The molecule has 2 heteroatoms. The Kier molecular flexibility index (Phi) is 8.95. The van der Waals surface area contributed by atoms with Crippen LogP contribution in [0.25, 0.3) is 0 Å². The van der Waals surface area contributed by atoms with Crippen LogP contribution < -0.4 is 0 Å². The first-order valence-corrected chi connectivity index (χ1v) is 3.95. The molecule has 0 spiro atoms. The monoisotopic (exact) mass is 176 g/mol. The smallest absolute Gasteiger partial charge is 0.142 e. The molecule has 0 fully saturated rings. The quantitative estimate of drug-likeness (QED) is 0.352. The van der Waals surface area contributed by atoms with Crippen LogP contribution in [0.2, 0.25) is 0 Å². The fourth-order valence-corrected chi connectivity index (χ4v) is 0.579. The molecule has 0 heterocycles. The van der Waals surface area contributed by atoms with Crippen molar-refractivity contribution in [1.82, 2.24) is 0 Å². The molecule has 0 rings (SSSR count). The second-order valence-electron chi connectivity index (χ2n) is 2.12. The highest BCUT2D eigenvalue weighted by Crippen LogP contribution is 1.83. The first-order valence-electron chi connectivity index (χ1n) is 3.95. The van der Waals surface area contributed by atoms with Crippen molar-refractivity contribution >= 4 is 12.6 Å². The second-order valence-corrected chi connectivity index (χ2v) is 2.12.